The van der Waals surface area contributed by atoms with Gasteiger partial charge in [0.1, 0.15) is 6.61 Å². The molecule has 2 aliphatic rings. The predicted octanol–water partition coefficient (Wildman–Crippen LogP) is 5.89. The smallest absolute Gasteiger partial charge is 0.293 e. The normalized spacial score (nSPS) is 15.7. The first-order chi connectivity index (χ1) is 17.0. The summed E-state index contributed by atoms with van der Waals surface area (Å²) in [6, 6.07) is 18.5. The molecule has 5 rings (SSSR count). The van der Waals surface area contributed by atoms with Crippen molar-refractivity contribution in [1.29, 1.82) is 0 Å². The van der Waals surface area contributed by atoms with Gasteiger partial charge in [0.05, 0.1) is 18.6 Å². The molecule has 0 N–H and O–H groups in total. The van der Waals surface area contributed by atoms with Crippen molar-refractivity contribution in [2.45, 2.75) is 13.2 Å². The van der Waals surface area contributed by atoms with Gasteiger partial charge in [0.15, 0.2) is 23.0 Å². The van der Waals surface area contributed by atoms with Gasteiger partial charge in [0.2, 0.25) is 6.79 Å². The molecule has 0 spiro atoms. The van der Waals surface area contributed by atoms with Crippen LogP contribution in [0.2, 0.25) is 5.02 Å². The molecule has 0 aromatic heterocycles. The third-order valence-electron chi connectivity index (χ3n) is 5.47. The molecule has 1 saturated heterocycles. The Bertz CT molecular complexity index is 1330. The number of benzene rings is 3. The van der Waals surface area contributed by atoms with E-state index in [1.165, 1.54) is 0 Å². The average Bonchev–Trinajstić information content (AvgIpc) is 3.42. The molecule has 0 radical (unpaired) electrons. The zero-order valence-electron chi connectivity index (χ0n) is 18.7. The number of carbonyl (C=O) groups is 2. The van der Waals surface area contributed by atoms with Crippen LogP contribution in [0.1, 0.15) is 16.7 Å². The van der Waals surface area contributed by atoms with E-state index in [4.69, 9.17) is 30.5 Å². The van der Waals surface area contributed by atoms with Crippen molar-refractivity contribution in [3.05, 3.63) is 87.3 Å². The van der Waals surface area contributed by atoms with Gasteiger partial charge in [0, 0.05) is 11.1 Å². The summed E-state index contributed by atoms with van der Waals surface area (Å²) in [6.45, 7) is 0.546. The second-order valence-corrected chi connectivity index (χ2v) is 9.15. The number of thioether (sulfide) groups is 1. The van der Waals surface area contributed by atoms with Crippen molar-refractivity contribution in [2.75, 3.05) is 13.9 Å². The Kier molecular flexibility index (Phi) is 6.57. The van der Waals surface area contributed by atoms with E-state index in [0.717, 1.165) is 22.2 Å². The lowest BCUT2D eigenvalue weighted by molar-refractivity contribution is -0.123. The van der Waals surface area contributed by atoms with E-state index >= 15 is 0 Å². The van der Waals surface area contributed by atoms with Gasteiger partial charge in [-0.2, -0.15) is 0 Å². The molecule has 2 amide bonds. The molecule has 0 unspecified atom stereocenters. The van der Waals surface area contributed by atoms with Crippen LogP contribution in [0, 0.1) is 0 Å². The second-order valence-electron chi connectivity index (χ2n) is 7.75. The highest BCUT2D eigenvalue weighted by molar-refractivity contribution is 8.18. The van der Waals surface area contributed by atoms with E-state index in [1.807, 2.05) is 36.4 Å². The van der Waals surface area contributed by atoms with Crippen molar-refractivity contribution in [1.82, 2.24) is 4.90 Å². The number of rotatable bonds is 7. The molecule has 2 aliphatic heterocycles. The average molecular weight is 510 g/mol. The molecule has 0 atom stereocenters. The molecule has 3 aromatic rings. The van der Waals surface area contributed by atoms with Crippen LogP contribution in [0.15, 0.2) is 65.6 Å². The number of imide groups is 1. The summed E-state index contributed by atoms with van der Waals surface area (Å²) < 4.78 is 22.1. The van der Waals surface area contributed by atoms with E-state index in [2.05, 4.69) is 0 Å². The minimum atomic E-state index is -0.392. The molecule has 178 valence electrons. The standard InChI is InChI=1S/C26H20ClNO6S/c1-31-21-9-17(7-8-20(21)32-14-16-5-3-2-4-6-16)10-24-25(29)28(26(30)35-24)13-18-11-22-23(12-19(18)27)34-15-33-22/h2-12H,13-15H2,1H3/b24-10+. The third-order valence-corrected chi connectivity index (χ3v) is 6.73. The number of methoxy groups -OCH3 is 1. The second kappa shape index (κ2) is 9.93. The van der Waals surface area contributed by atoms with E-state index in [-0.39, 0.29) is 18.6 Å². The first kappa shape index (κ1) is 23.1. The monoisotopic (exact) mass is 509 g/mol. The Morgan fingerprint density at radius 1 is 1.03 bits per heavy atom. The lowest BCUT2D eigenvalue weighted by Gasteiger charge is -2.14. The maximum Gasteiger partial charge on any atom is 0.293 e. The lowest BCUT2D eigenvalue weighted by atomic mass is 10.1. The summed E-state index contributed by atoms with van der Waals surface area (Å²) in [6.07, 6.45) is 1.66. The van der Waals surface area contributed by atoms with Crippen LogP contribution in [0.25, 0.3) is 6.08 Å². The van der Waals surface area contributed by atoms with Crippen LogP contribution in [0.3, 0.4) is 0 Å². The van der Waals surface area contributed by atoms with E-state index < -0.39 is 5.91 Å². The number of amides is 2. The molecule has 0 aliphatic carbocycles. The number of fused-ring (bicyclic) bond motifs is 1. The fraction of sp³-hybridized carbons (Fsp3) is 0.154. The molecule has 3 aromatic carbocycles. The van der Waals surface area contributed by atoms with E-state index in [1.54, 1.807) is 37.5 Å². The zero-order chi connectivity index (χ0) is 24.4. The van der Waals surface area contributed by atoms with Gasteiger partial charge in [0.25, 0.3) is 11.1 Å². The fourth-order valence-corrected chi connectivity index (χ4v) is 4.72. The maximum absolute atomic E-state index is 13.0. The van der Waals surface area contributed by atoms with Crippen LogP contribution in [-0.4, -0.2) is 29.9 Å². The van der Waals surface area contributed by atoms with E-state index in [9.17, 15) is 9.59 Å². The van der Waals surface area contributed by atoms with Gasteiger partial charge in [-0.05, 0) is 52.7 Å². The Labute approximate surface area is 211 Å². The largest absolute Gasteiger partial charge is 0.493 e. The number of hydrogen-bond donors (Lipinski definition) is 0. The van der Waals surface area contributed by atoms with Gasteiger partial charge in [-0.1, -0.05) is 48.0 Å². The summed E-state index contributed by atoms with van der Waals surface area (Å²) in [5.41, 5.74) is 2.34. The Hall–Kier alpha value is -3.62. The number of ether oxygens (including phenoxy) is 4. The van der Waals surface area contributed by atoms with Crippen molar-refractivity contribution in [3.8, 4) is 23.0 Å². The number of carbonyl (C=O) groups excluding carboxylic acids is 2. The summed E-state index contributed by atoms with van der Waals surface area (Å²) >= 11 is 7.21. The molecule has 9 heteroatoms. The third kappa shape index (κ3) is 4.94. The topological polar surface area (TPSA) is 74.3 Å². The van der Waals surface area contributed by atoms with Gasteiger partial charge >= 0.3 is 0 Å². The molecule has 35 heavy (non-hydrogen) atoms. The van der Waals surface area contributed by atoms with Crippen molar-refractivity contribution < 1.29 is 28.5 Å². The molecule has 2 heterocycles. The minimum Gasteiger partial charge on any atom is -0.493 e. The molecule has 7 nitrogen and oxygen atoms in total. The molecular weight excluding hydrogens is 490 g/mol. The van der Waals surface area contributed by atoms with Crippen LogP contribution in [0.4, 0.5) is 4.79 Å². The van der Waals surface area contributed by atoms with E-state index in [0.29, 0.717) is 50.7 Å². The highest BCUT2D eigenvalue weighted by atomic mass is 35.5. The number of hydrogen-bond acceptors (Lipinski definition) is 7. The maximum atomic E-state index is 13.0. The number of nitrogens with zero attached hydrogens (tertiary/aromatic N) is 1. The van der Waals surface area contributed by atoms with Crippen molar-refractivity contribution in [2.24, 2.45) is 0 Å². The molecule has 0 saturated carbocycles. The SMILES string of the molecule is COc1cc(/C=C2/SC(=O)N(Cc3cc4c(cc3Cl)OCO4)C2=O)ccc1OCc1ccccc1. The zero-order valence-corrected chi connectivity index (χ0v) is 20.2. The Balaban J connectivity index is 1.31. The van der Waals surface area contributed by atoms with Crippen LogP contribution < -0.4 is 18.9 Å². The van der Waals surface area contributed by atoms with Gasteiger partial charge < -0.3 is 18.9 Å². The lowest BCUT2D eigenvalue weighted by Crippen LogP contribution is -2.27. The summed E-state index contributed by atoms with van der Waals surface area (Å²) in [5, 5.41) is 0.0258. The molecular formula is C26H20ClNO6S. The highest BCUT2D eigenvalue weighted by Gasteiger charge is 2.35. The molecule has 1 fully saturated rings. The summed E-state index contributed by atoms with van der Waals surface area (Å²) in [7, 11) is 1.55. The van der Waals surface area contributed by atoms with Crippen molar-refractivity contribution in [3.63, 3.8) is 0 Å². The highest BCUT2D eigenvalue weighted by Crippen LogP contribution is 2.40. The van der Waals surface area contributed by atoms with Crippen LogP contribution >= 0.6 is 23.4 Å². The molecule has 0 bridgehead atoms. The first-order valence-corrected chi connectivity index (χ1v) is 11.9. The Morgan fingerprint density at radius 2 is 1.80 bits per heavy atom. The fourth-order valence-electron chi connectivity index (χ4n) is 3.67. The minimum absolute atomic E-state index is 0.0348. The number of halogens is 1. The predicted molar refractivity (Wildman–Crippen MR) is 133 cm³/mol. The van der Waals surface area contributed by atoms with Gasteiger partial charge in [-0.15, -0.1) is 0 Å². The summed E-state index contributed by atoms with van der Waals surface area (Å²) in [5.74, 6) is 1.80. The van der Waals surface area contributed by atoms with Crippen LogP contribution in [-0.2, 0) is 17.9 Å². The van der Waals surface area contributed by atoms with Crippen LogP contribution in [0.5, 0.6) is 23.0 Å². The summed E-state index contributed by atoms with van der Waals surface area (Å²) in [4.78, 5) is 27.1. The van der Waals surface area contributed by atoms with Crippen molar-refractivity contribution >= 4 is 40.6 Å². The quantitative estimate of drug-likeness (QED) is 0.367. The Morgan fingerprint density at radius 3 is 2.57 bits per heavy atom. The first-order valence-electron chi connectivity index (χ1n) is 10.7. The van der Waals surface area contributed by atoms with Gasteiger partial charge in [-0.25, -0.2) is 0 Å². The van der Waals surface area contributed by atoms with Gasteiger partial charge in [-0.3, -0.25) is 14.5 Å².